The highest BCUT2D eigenvalue weighted by atomic mass is 35.5. The van der Waals surface area contributed by atoms with E-state index in [0.717, 1.165) is 38.3 Å². The normalized spacial score (nSPS) is 12.5. The third kappa shape index (κ3) is 4.37. The van der Waals surface area contributed by atoms with Gasteiger partial charge in [-0.05, 0) is 58.2 Å². The molecule has 1 aromatic heterocycles. The van der Waals surface area contributed by atoms with Gasteiger partial charge in [-0.2, -0.15) is 0 Å². The molecule has 4 rings (SSSR count). The summed E-state index contributed by atoms with van der Waals surface area (Å²) >= 11 is 6.17. The minimum atomic E-state index is -0.218. The van der Waals surface area contributed by atoms with Gasteiger partial charge in [0, 0.05) is 10.6 Å². The van der Waals surface area contributed by atoms with Crippen LogP contribution in [0.2, 0.25) is 5.02 Å². The number of hydrogen-bond acceptors (Lipinski definition) is 3. The number of halogens is 1. The van der Waals surface area contributed by atoms with Crippen LogP contribution in [0.15, 0.2) is 54.6 Å². The number of aromatic nitrogens is 3. The van der Waals surface area contributed by atoms with Gasteiger partial charge in [0.2, 0.25) is 0 Å². The molecule has 0 aliphatic heterocycles. The van der Waals surface area contributed by atoms with Crippen molar-refractivity contribution in [3.05, 3.63) is 81.9 Å². The van der Waals surface area contributed by atoms with E-state index in [1.54, 1.807) is 4.80 Å². The average Bonchev–Trinajstić information content (AvgIpc) is 3.11. The second kappa shape index (κ2) is 7.93. The lowest BCUT2D eigenvalue weighted by molar-refractivity contribution is 0.438. The highest BCUT2D eigenvalue weighted by Gasteiger charge is 2.26. The Morgan fingerprint density at radius 1 is 0.875 bits per heavy atom. The molecule has 4 aromatic rings. The molecule has 0 saturated heterocycles. The average molecular weight is 448 g/mol. The Labute approximate surface area is 194 Å². The molecule has 0 aliphatic carbocycles. The molecule has 0 spiro atoms. The smallest absolute Gasteiger partial charge is 0.146 e. The number of hydrogen-bond donors (Lipinski definition) is 1. The molecule has 1 N–H and O–H groups in total. The quantitative estimate of drug-likeness (QED) is 0.369. The van der Waals surface area contributed by atoms with Gasteiger partial charge in [0.25, 0.3) is 0 Å². The first kappa shape index (κ1) is 22.3. The second-order valence-electron chi connectivity index (χ2n) is 10.5. The largest absolute Gasteiger partial charge is 0.505 e. The van der Waals surface area contributed by atoms with Crippen LogP contribution in [0.1, 0.15) is 63.8 Å². The Morgan fingerprint density at radius 2 is 1.59 bits per heavy atom. The van der Waals surface area contributed by atoms with Crippen molar-refractivity contribution in [1.82, 2.24) is 15.0 Å². The first-order valence-electron chi connectivity index (χ1n) is 10.9. The molecule has 5 heteroatoms. The lowest BCUT2D eigenvalue weighted by Crippen LogP contribution is -2.18. The van der Waals surface area contributed by atoms with E-state index in [2.05, 4.69) is 59.7 Å². The summed E-state index contributed by atoms with van der Waals surface area (Å²) in [5.41, 5.74) is 6.14. The maximum atomic E-state index is 11.2. The Bertz CT molecular complexity index is 1290. The number of nitrogens with zero attached hydrogens (tertiary/aromatic N) is 3. The van der Waals surface area contributed by atoms with Crippen molar-refractivity contribution in [3.8, 4) is 11.4 Å². The van der Waals surface area contributed by atoms with Gasteiger partial charge in [-0.15, -0.1) is 15.0 Å². The van der Waals surface area contributed by atoms with Crippen molar-refractivity contribution in [2.45, 2.75) is 58.8 Å². The van der Waals surface area contributed by atoms with Gasteiger partial charge < -0.3 is 5.11 Å². The monoisotopic (exact) mass is 447 g/mol. The van der Waals surface area contributed by atoms with E-state index in [0.29, 0.717) is 12.1 Å². The van der Waals surface area contributed by atoms with E-state index in [9.17, 15) is 5.11 Å². The van der Waals surface area contributed by atoms with Gasteiger partial charge in [-0.1, -0.05) is 83.5 Å². The summed E-state index contributed by atoms with van der Waals surface area (Å²) in [6, 6.07) is 18.0. The summed E-state index contributed by atoms with van der Waals surface area (Å²) in [6.45, 7) is 12.8. The number of fused-ring (bicyclic) bond motifs is 1. The van der Waals surface area contributed by atoms with Crippen molar-refractivity contribution in [2.75, 3.05) is 0 Å². The Hall–Kier alpha value is -2.85. The van der Waals surface area contributed by atoms with E-state index < -0.39 is 0 Å². The van der Waals surface area contributed by atoms with Gasteiger partial charge in [-0.25, -0.2) is 0 Å². The van der Waals surface area contributed by atoms with Crippen molar-refractivity contribution in [3.63, 3.8) is 0 Å². The van der Waals surface area contributed by atoms with Gasteiger partial charge in [0.15, 0.2) is 0 Å². The lowest BCUT2D eigenvalue weighted by atomic mass is 9.80. The van der Waals surface area contributed by atoms with Crippen molar-refractivity contribution in [2.24, 2.45) is 0 Å². The van der Waals surface area contributed by atoms with Gasteiger partial charge in [0.1, 0.15) is 22.5 Å². The predicted molar refractivity (Wildman–Crippen MR) is 132 cm³/mol. The molecule has 3 aromatic carbocycles. The molecule has 0 aliphatic rings. The molecule has 166 valence electrons. The zero-order valence-electron chi connectivity index (χ0n) is 19.6. The fraction of sp³-hybridized carbons (Fsp3) is 0.333. The predicted octanol–water partition coefficient (Wildman–Crippen LogP) is 6.97. The maximum absolute atomic E-state index is 11.2. The topological polar surface area (TPSA) is 50.9 Å². The number of benzene rings is 3. The summed E-state index contributed by atoms with van der Waals surface area (Å²) in [5.74, 6) is 0.224. The number of phenols is 1. The molecule has 0 radical (unpaired) electrons. The molecule has 0 fully saturated rings. The summed E-state index contributed by atoms with van der Waals surface area (Å²) in [4.78, 5) is 1.58. The van der Waals surface area contributed by atoms with E-state index in [1.807, 2.05) is 36.4 Å². The van der Waals surface area contributed by atoms with Crippen LogP contribution in [0.5, 0.6) is 5.75 Å². The molecule has 1 heterocycles. The van der Waals surface area contributed by atoms with Crippen LogP contribution in [-0.2, 0) is 17.3 Å². The SMILES string of the molecule is CC(C)(C)c1cc(-n2nc3cccc(Cc4cccc(Cl)c4)c3n2)c(O)c(C(C)(C)C)c1. The molecule has 0 amide bonds. The van der Waals surface area contributed by atoms with Crippen LogP contribution in [0.3, 0.4) is 0 Å². The fourth-order valence-corrected chi connectivity index (χ4v) is 4.10. The van der Waals surface area contributed by atoms with Crippen LogP contribution < -0.4 is 0 Å². The van der Waals surface area contributed by atoms with Crippen LogP contribution in [0.25, 0.3) is 16.7 Å². The summed E-state index contributed by atoms with van der Waals surface area (Å²) < 4.78 is 0. The summed E-state index contributed by atoms with van der Waals surface area (Å²) in [5, 5.41) is 21.5. The zero-order chi connectivity index (χ0) is 23.3. The van der Waals surface area contributed by atoms with Crippen molar-refractivity contribution in [1.29, 1.82) is 0 Å². The lowest BCUT2D eigenvalue weighted by Gasteiger charge is -2.27. The molecule has 0 bridgehead atoms. The van der Waals surface area contributed by atoms with E-state index >= 15 is 0 Å². The molecule has 4 nitrogen and oxygen atoms in total. The van der Waals surface area contributed by atoms with Gasteiger partial charge in [-0.3, -0.25) is 0 Å². The van der Waals surface area contributed by atoms with E-state index in [1.165, 1.54) is 0 Å². The standard InChI is InChI=1S/C27H30ClN3O/c1-26(2,3)19-15-21(27(4,5)6)25(32)23(16-19)31-29-22-12-8-10-18(24(22)30-31)13-17-9-7-11-20(28)14-17/h7-12,14-16,32H,13H2,1-6H3. The number of rotatable bonds is 3. The minimum absolute atomic E-state index is 0.0766. The Morgan fingerprint density at radius 3 is 2.25 bits per heavy atom. The van der Waals surface area contributed by atoms with Gasteiger partial charge >= 0.3 is 0 Å². The third-order valence-corrected chi connectivity index (χ3v) is 5.99. The molecular formula is C27H30ClN3O. The number of phenolic OH excluding ortho intramolecular Hbond substituents is 1. The van der Waals surface area contributed by atoms with Crippen LogP contribution in [0, 0.1) is 0 Å². The second-order valence-corrected chi connectivity index (χ2v) is 10.9. The van der Waals surface area contributed by atoms with E-state index in [4.69, 9.17) is 21.8 Å². The Kier molecular flexibility index (Phi) is 5.54. The minimum Gasteiger partial charge on any atom is -0.505 e. The van der Waals surface area contributed by atoms with Crippen molar-refractivity contribution >= 4 is 22.6 Å². The highest BCUT2D eigenvalue weighted by molar-refractivity contribution is 6.30. The zero-order valence-corrected chi connectivity index (χ0v) is 20.3. The molecular weight excluding hydrogens is 418 g/mol. The molecule has 32 heavy (non-hydrogen) atoms. The Balaban J connectivity index is 1.87. The molecule has 0 unspecified atom stereocenters. The third-order valence-electron chi connectivity index (χ3n) is 5.76. The van der Waals surface area contributed by atoms with Crippen LogP contribution in [-0.4, -0.2) is 20.1 Å². The first-order valence-corrected chi connectivity index (χ1v) is 11.3. The van der Waals surface area contributed by atoms with Crippen LogP contribution >= 0.6 is 11.6 Å². The molecule has 0 saturated carbocycles. The van der Waals surface area contributed by atoms with Crippen molar-refractivity contribution < 1.29 is 5.11 Å². The van der Waals surface area contributed by atoms with Crippen LogP contribution in [0.4, 0.5) is 0 Å². The van der Waals surface area contributed by atoms with E-state index in [-0.39, 0.29) is 16.6 Å². The first-order chi connectivity index (χ1) is 14.9. The summed E-state index contributed by atoms with van der Waals surface area (Å²) in [7, 11) is 0. The maximum Gasteiger partial charge on any atom is 0.146 e. The number of aromatic hydroxyl groups is 1. The van der Waals surface area contributed by atoms with Gasteiger partial charge in [0.05, 0.1) is 0 Å². The fourth-order valence-electron chi connectivity index (χ4n) is 3.89. The molecule has 0 atom stereocenters. The highest BCUT2D eigenvalue weighted by Crippen LogP contribution is 2.39. The summed E-state index contributed by atoms with van der Waals surface area (Å²) in [6.07, 6.45) is 0.706.